The second-order valence-corrected chi connectivity index (χ2v) is 10.7. The number of ether oxygens (including phenoxy) is 1. The first-order valence-electron chi connectivity index (χ1n) is 12.7. The molecule has 3 rings (SSSR count). The lowest BCUT2D eigenvalue weighted by atomic mass is 9.55. The molecule has 1 nitrogen and oxygen atoms in total. The summed E-state index contributed by atoms with van der Waals surface area (Å²) in [6.07, 6.45) is 20.0. The van der Waals surface area contributed by atoms with Crippen LogP contribution in [0.3, 0.4) is 0 Å². The van der Waals surface area contributed by atoms with Crippen LogP contribution in [0.2, 0.25) is 0 Å². The maximum absolute atomic E-state index is 6.97. The van der Waals surface area contributed by atoms with E-state index in [0.717, 1.165) is 36.2 Å². The zero-order valence-corrected chi connectivity index (χ0v) is 19.0. The van der Waals surface area contributed by atoms with Gasteiger partial charge >= 0.3 is 0 Å². The SMILES string of the molecule is CCCCCC(C)(OCC1C2CCCCC2CC2CCCCC21)C(C)CC. The van der Waals surface area contributed by atoms with Crippen molar-refractivity contribution >= 4 is 0 Å². The topological polar surface area (TPSA) is 9.23 Å². The molecule has 0 amide bonds. The second-order valence-electron chi connectivity index (χ2n) is 10.7. The molecule has 6 unspecified atom stereocenters. The molecular weight excluding hydrogens is 328 g/mol. The maximum Gasteiger partial charge on any atom is 0.0679 e. The number of unbranched alkanes of at least 4 members (excludes halogenated alkanes) is 2. The summed E-state index contributed by atoms with van der Waals surface area (Å²) >= 11 is 0. The largest absolute Gasteiger partial charge is 0.375 e. The number of hydrogen-bond acceptors (Lipinski definition) is 1. The summed E-state index contributed by atoms with van der Waals surface area (Å²) in [7, 11) is 0. The van der Waals surface area contributed by atoms with Crippen LogP contribution < -0.4 is 0 Å². The van der Waals surface area contributed by atoms with Gasteiger partial charge < -0.3 is 4.74 Å². The van der Waals surface area contributed by atoms with E-state index < -0.39 is 0 Å². The zero-order valence-electron chi connectivity index (χ0n) is 19.0. The summed E-state index contributed by atoms with van der Waals surface area (Å²) in [6, 6.07) is 0. The van der Waals surface area contributed by atoms with E-state index in [2.05, 4.69) is 27.7 Å². The van der Waals surface area contributed by atoms with Gasteiger partial charge in [0.25, 0.3) is 0 Å². The highest BCUT2D eigenvalue weighted by Crippen LogP contribution is 2.53. The van der Waals surface area contributed by atoms with Crippen LogP contribution in [0.4, 0.5) is 0 Å². The Morgan fingerprint density at radius 1 is 0.889 bits per heavy atom. The average Bonchev–Trinajstić information content (AvgIpc) is 2.70. The Morgan fingerprint density at radius 3 is 2.04 bits per heavy atom. The first kappa shape index (κ1) is 21.7. The summed E-state index contributed by atoms with van der Waals surface area (Å²) in [5.41, 5.74) is 0.0930. The van der Waals surface area contributed by atoms with E-state index >= 15 is 0 Å². The molecule has 0 bridgehead atoms. The maximum atomic E-state index is 6.97. The minimum atomic E-state index is 0.0930. The highest BCUT2D eigenvalue weighted by molar-refractivity contribution is 4.95. The van der Waals surface area contributed by atoms with Gasteiger partial charge in [0.1, 0.15) is 0 Å². The molecule has 6 atom stereocenters. The predicted molar refractivity (Wildman–Crippen MR) is 117 cm³/mol. The van der Waals surface area contributed by atoms with Gasteiger partial charge in [-0.2, -0.15) is 0 Å². The molecule has 3 saturated carbocycles. The third-order valence-electron chi connectivity index (χ3n) is 9.18. The van der Waals surface area contributed by atoms with Crippen molar-refractivity contribution in [2.75, 3.05) is 6.61 Å². The molecule has 0 aromatic carbocycles. The van der Waals surface area contributed by atoms with Gasteiger partial charge in [0, 0.05) is 0 Å². The standard InChI is InChI=1S/C26H48O/c1-5-7-12-17-26(4,20(3)6-2)27-19-25-23-15-10-8-13-21(23)18-22-14-9-11-16-24(22)25/h20-25H,5-19H2,1-4H3. The van der Waals surface area contributed by atoms with E-state index in [9.17, 15) is 0 Å². The van der Waals surface area contributed by atoms with E-state index in [4.69, 9.17) is 4.74 Å². The minimum Gasteiger partial charge on any atom is -0.375 e. The first-order chi connectivity index (χ1) is 13.1. The molecule has 0 spiro atoms. The number of hydrogen-bond donors (Lipinski definition) is 0. The van der Waals surface area contributed by atoms with E-state index in [1.807, 2.05) is 0 Å². The van der Waals surface area contributed by atoms with Gasteiger partial charge in [-0.25, -0.2) is 0 Å². The lowest BCUT2D eigenvalue weighted by molar-refractivity contribution is -0.128. The van der Waals surface area contributed by atoms with E-state index in [1.165, 1.54) is 83.5 Å². The Kier molecular flexibility index (Phi) is 8.13. The fourth-order valence-corrected chi connectivity index (χ4v) is 7.04. The third kappa shape index (κ3) is 5.12. The number of rotatable bonds is 9. The van der Waals surface area contributed by atoms with E-state index in [-0.39, 0.29) is 5.60 Å². The van der Waals surface area contributed by atoms with Crippen molar-refractivity contribution in [1.82, 2.24) is 0 Å². The van der Waals surface area contributed by atoms with Crippen LogP contribution >= 0.6 is 0 Å². The quantitative estimate of drug-likeness (QED) is 0.370. The van der Waals surface area contributed by atoms with Crippen LogP contribution in [0.15, 0.2) is 0 Å². The highest BCUT2D eigenvalue weighted by atomic mass is 16.5. The molecule has 1 heteroatoms. The molecule has 0 aromatic heterocycles. The van der Waals surface area contributed by atoms with Gasteiger partial charge in [0.2, 0.25) is 0 Å². The molecule has 0 saturated heterocycles. The molecule has 3 aliphatic rings. The molecule has 0 aromatic rings. The Hall–Kier alpha value is -0.0400. The van der Waals surface area contributed by atoms with Gasteiger partial charge in [0.15, 0.2) is 0 Å². The zero-order chi connectivity index (χ0) is 19.3. The summed E-state index contributed by atoms with van der Waals surface area (Å²) in [5, 5.41) is 0. The van der Waals surface area contributed by atoms with Crippen LogP contribution in [0.5, 0.6) is 0 Å². The van der Waals surface area contributed by atoms with Crippen molar-refractivity contribution in [2.45, 2.75) is 123 Å². The monoisotopic (exact) mass is 376 g/mol. The molecule has 0 N–H and O–H groups in total. The molecule has 3 aliphatic carbocycles. The van der Waals surface area contributed by atoms with Gasteiger partial charge in [-0.15, -0.1) is 0 Å². The lowest BCUT2D eigenvalue weighted by Crippen LogP contribution is -2.47. The minimum absolute atomic E-state index is 0.0930. The summed E-state index contributed by atoms with van der Waals surface area (Å²) in [5.74, 6) is 5.55. The Balaban J connectivity index is 1.69. The van der Waals surface area contributed by atoms with Crippen LogP contribution in [-0.4, -0.2) is 12.2 Å². The normalized spacial score (nSPS) is 37.1. The molecule has 0 heterocycles. The summed E-state index contributed by atoms with van der Waals surface area (Å²) in [6.45, 7) is 10.6. The Morgan fingerprint density at radius 2 is 1.48 bits per heavy atom. The predicted octanol–water partition coefficient (Wildman–Crippen LogP) is 8.02. The smallest absolute Gasteiger partial charge is 0.0679 e. The van der Waals surface area contributed by atoms with Crippen molar-refractivity contribution in [3.63, 3.8) is 0 Å². The second kappa shape index (κ2) is 10.1. The van der Waals surface area contributed by atoms with Gasteiger partial charge in [-0.3, -0.25) is 0 Å². The van der Waals surface area contributed by atoms with Crippen molar-refractivity contribution in [3.8, 4) is 0 Å². The molecule has 3 fully saturated rings. The summed E-state index contributed by atoms with van der Waals surface area (Å²) in [4.78, 5) is 0. The average molecular weight is 377 g/mol. The molecule has 0 radical (unpaired) electrons. The van der Waals surface area contributed by atoms with Gasteiger partial charge in [-0.1, -0.05) is 85.0 Å². The van der Waals surface area contributed by atoms with Crippen molar-refractivity contribution in [1.29, 1.82) is 0 Å². The molecule has 27 heavy (non-hydrogen) atoms. The van der Waals surface area contributed by atoms with Crippen molar-refractivity contribution in [3.05, 3.63) is 0 Å². The highest BCUT2D eigenvalue weighted by Gasteiger charge is 2.46. The fraction of sp³-hybridized carbons (Fsp3) is 1.00. The van der Waals surface area contributed by atoms with Crippen LogP contribution in [0, 0.1) is 35.5 Å². The fourth-order valence-electron chi connectivity index (χ4n) is 7.04. The van der Waals surface area contributed by atoms with Crippen molar-refractivity contribution in [2.24, 2.45) is 35.5 Å². The third-order valence-corrected chi connectivity index (χ3v) is 9.18. The van der Waals surface area contributed by atoms with Crippen molar-refractivity contribution < 1.29 is 4.74 Å². The molecular formula is C26H48O. The van der Waals surface area contributed by atoms with Crippen LogP contribution in [0.25, 0.3) is 0 Å². The lowest BCUT2D eigenvalue weighted by Gasteiger charge is -2.52. The van der Waals surface area contributed by atoms with Gasteiger partial charge in [0.05, 0.1) is 12.2 Å². The Bertz CT molecular complexity index is 410. The van der Waals surface area contributed by atoms with E-state index in [0.29, 0.717) is 5.92 Å². The Labute approximate surface area is 170 Å². The molecule has 0 aliphatic heterocycles. The van der Waals surface area contributed by atoms with Crippen LogP contribution in [0.1, 0.15) is 118 Å². The first-order valence-corrected chi connectivity index (χ1v) is 12.7. The van der Waals surface area contributed by atoms with E-state index in [1.54, 1.807) is 6.42 Å². The number of fused-ring (bicyclic) bond motifs is 2. The van der Waals surface area contributed by atoms with Crippen LogP contribution in [-0.2, 0) is 4.74 Å². The van der Waals surface area contributed by atoms with Gasteiger partial charge in [-0.05, 0) is 68.1 Å². The summed E-state index contributed by atoms with van der Waals surface area (Å²) < 4.78 is 6.97. The molecule has 158 valence electrons.